The van der Waals surface area contributed by atoms with Gasteiger partial charge < -0.3 is 10.1 Å². The Morgan fingerprint density at radius 1 is 1.24 bits per heavy atom. The highest BCUT2D eigenvalue weighted by Crippen LogP contribution is 2.12. The van der Waals surface area contributed by atoms with Crippen LogP contribution in [0.1, 0.15) is 26.3 Å². The molecule has 0 fully saturated rings. The lowest BCUT2D eigenvalue weighted by atomic mass is 10.1. The summed E-state index contributed by atoms with van der Waals surface area (Å²) in [5, 5.41) is 11.9. The van der Waals surface area contributed by atoms with Crippen LogP contribution in [0.25, 0.3) is 0 Å². The molecule has 1 aromatic rings. The van der Waals surface area contributed by atoms with Crippen molar-refractivity contribution in [2.45, 2.75) is 33.4 Å². The Balaban J connectivity index is 2.43. The molecule has 0 radical (unpaired) electrons. The molecule has 0 aliphatic rings. The van der Waals surface area contributed by atoms with Gasteiger partial charge in [-0.1, -0.05) is 26.0 Å². The van der Waals surface area contributed by atoms with Crippen LogP contribution in [-0.2, 0) is 6.54 Å². The van der Waals surface area contributed by atoms with Crippen LogP contribution in [0.5, 0.6) is 5.75 Å². The minimum Gasteiger partial charge on any atom is -0.479 e. The zero-order valence-corrected chi connectivity index (χ0v) is 10.7. The van der Waals surface area contributed by atoms with Crippen molar-refractivity contribution in [3.63, 3.8) is 0 Å². The summed E-state index contributed by atoms with van der Waals surface area (Å²) >= 11 is 0. The van der Waals surface area contributed by atoms with Crippen molar-refractivity contribution >= 4 is 0 Å². The van der Waals surface area contributed by atoms with E-state index in [1.54, 1.807) is 0 Å². The molecule has 0 saturated carbocycles. The van der Waals surface area contributed by atoms with Crippen LogP contribution in [0.3, 0.4) is 0 Å². The van der Waals surface area contributed by atoms with Gasteiger partial charge in [0, 0.05) is 12.6 Å². The average molecular weight is 232 g/mol. The summed E-state index contributed by atoms with van der Waals surface area (Å²) in [5.41, 5.74) is 1.22. The van der Waals surface area contributed by atoms with Gasteiger partial charge in [-0.2, -0.15) is 5.26 Å². The molecule has 1 unspecified atom stereocenters. The van der Waals surface area contributed by atoms with E-state index in [4.69, 9.17) is 10.00 Å². The van der Waals surface area contributed by atoms with Crippen LogP contribution >= 0.6 is 0 Å². The Hall–Kier alpha value is -1.53. The second-order valence-electron chi connectivity index (χ2n) is 4.50. The Labute approximate surface area is 103 Å². The molecule has 1 N–H and O–H groups in total. The van der Waals surface area contributed by atoms with E-state index in [1.807, 2.05) is 30.3 Å². The van der Waals surface area contributed by atoms with Crippen LogP contribution in [0.4, 0.5) is 0 Å². The van der Waals surface area contributed by atoms with Crippen molar-refractivity contribution in [3.8, 4) is 11.8 Å². The number of ether oxygens (including phenoxy) is 1. The molecule has 92 valence electrons. The molecule has 0 amide bonds. The maximum Gasteiger partial charge on any atom is 0.174 e. The molecule has 0 aliphatic carbocycles. The smallest absolute Gasteiger partial charge is 0.174 e. The van der Waals surface area contributed by atoms with E-state index in [0.29, 0.717) is 12.0 Å². The first-order chi connectivity index (χ1) is 8.13. The van der Waals surface area contributed by atoms with Gasteiger partial charge >= 0.3 is 0 Å². The van der Waals surface area contributed by atoms with E-state index in [-0.39, 0.29) is 6.61 Å². The summed E-state index contributed by atoms with van der Waals surface area (Å²) in [5.74, 6) is 1.38. The Morgan fingerprint density at radius 3 is 2.41 bits per heavy atom. The minimum atomic E-state index is 0.0992. The Bertz CT molecular complexity index is 365. The summed E-state index contributed by atoms with van der Waals surface area (Å²) in [6.07, 6.45) is 0. The molecule has 0 heterocycles. The number of rotatable bonds is 6. The van der Waals surface area contributed by atoms with E-state index in [1.165, 1.54) is 5.56 Å². The largest absolute Gasteiger partial charge is 0.479 e. The molecule has 0 bridgehead atoms. The number of nitriles is 1. The van der Waals surface area contributed by atoms with Crippen LogP contribution in [0.15, 0.2) is 24.3 Å². The lowest BCUT2D eigenvalue weighted by Gasteiger charge is -2.17. The maximum absolute atomic E-state index is 8.39. The van der Waals surface area contributed by atoms with Gasteiger partial charge in [-0.15, -0.1) is 0 Å². The number of nitrogens with one attached hydrogen (secondary N) is 1. The first-order valence-corrected chi connectivity index (χ1v) is 5.95. The first-order valence-electron chi connectivity index (χ1n) is 5.95. The molecule has 0 aromatic heterocycles. The molecular weight excluding hydrogens is 212 g/mol. The predicted octanol–water partition coefficient (Wildman–Crippen LogP) is 2.72. The highest BCUT2D eigenvalue weighted by atomic mass is 16.5. The molecule has 3 nitrogen and oxygen atoms in total. The molecule has 0 saturated heterocycles. The molecule has 17 heavy (non-hydrogen) atoms. The minimum absolute atomic E-state index is 0.0992. The van der Waals surface area contributed by atoms with E-state index in [0.717, 1.165) is 12.3 Å². The van der Waals surface area contributed by atoms with Crippen molar-refractivity contribution in [2.24, 2.45) is 5.92 Å². The zero-order chi connectivity index (χ0) is 12.7. The molecular formula is C14H20N2O. The molecule has 1 atom stereocenters. The standard InChI is InChI=1S/C14H20N2O/c1-11(2)12(3)16-10-13-4-6-14(7-5-13)17-9-8-15/h4-7,11-12,16H,9-10H2,1-3H3. The lowest BCUT2D eigenvalue weighted by molar-refractivity contribution is 0.368. The van der Waals surface area contributed by atoms with Gasteiger partial charge in [0.25, 0.3) is 0 Å². The Morgan fingerprint density at radius 2 is 1.88 bits per heavy atom. The SMILES string of the molecule is CC(C)C(C)NCc1ccc(OCC#N)cc1. The van der Waals surface area contributed by atoms with Crippen molar-refractivity contribution in [3.05, 3.63) is 29.8 Å². The third-order valence-corrected chi connectivity index (χ3v) is 2.85. The van der Waals surface area contributed by atoms with Crippen LogP contribution in [-0.4, -0.2) is 12.6 Å². The van der Waals surface area contributed by atoms with E-state index < -0.39 is 0 Å². The summed E-state index contributed by atoms with van der Waals surface area (Å²) in [4.78, 5) is 0. The fourth-order valence-corrected chi connectivity index (χ4v) is 1.33. The summed E-state index contributed by atoms with van der Waals surface area (Å²) in [6.45, 7) is 7.56. The summed E-state index contributed by atoms with van der Waals surface area (Å²) in [7, 11) is 0. The van der Waals surface area contributed by atoms with Crippen LogP contribution in [0.2, 0.25) is 0 Å². The predicted molar refractivity (Wildman–Crippen MR) is 68.7 cm³/mol. The van der Waals surface area contributed by atoms with Gasteiger partial charge in [-0.05, 0) is 30.5 Å². The first kappa shape index (κ1) is 13.5. The quantitative estimate of drug-likeness (QED) is 0.820. The molecule has 1 aromatic carbocycles. The second-order valence-corrected chi connectivity index (χ2v) is 4.50. The summed E-state index contributed by atoms with van der Waals surface area (Å²) < 4.78 is 5.19. The molecule has 0 spiro atoms. The topological polar surface area (TPSA) is 45.0 Å². The molecule has 1 rings (SSSR count). The van der Waals surface area contributed by atoms with Gasteiger partial charge in [0.1, 0.15) is 11.8 Å². The lowest BCUT2D eigenvalue weighted by Crippen LogP contribution is -2.30. The van der Waals surface area contributed by atoms with Crippen molar-refractivity contribution < 1.29 is 4.74 Å². The van der Waals surface area contributed by atoms with Crippen molar-refractivity contribution in [1.29, 1.82) is 5.26 Å². The van der Waals surface area contributed by atoms with Gasteiger partial charge in [0.2, 0.25) is 0 Å². The van der Waals surface area contributed by atoms with E-state index >= 15 is 0 Å². The normalized spacial score (nSPS) is 12.2. The maximum atomic E-state index is 8.39. The van der Waals surface area contributed by atoms with Crippen LogP contribution in [0, 0.1) is 17.2 Å². The molecule has 0 aliphatic heterocycles. The average Bonchev–Trinajstić information content (AvgIpc) is 2.34. The molecule has 3 heteroatoms. The number of nitrogens with zero attached hydrogens (tertiary/aromatic N) is 1. The van der Waals surface area contributed by atoms with E-state index in [9.17, 15) is 0 Å². The highest BCUT2D eigenvalue weighted by molar-refractivity contribution is 5.27. The number of benzene rings is 1. The van der Waals surface area contributed by atoms with Crippen molar-refractivity contribution in [2.75, 3.05) is 6.61 Å². The van der Waals surface area contributed by atoms with Gasteiger partial charge in [-0.25, -0.2) is 0 Å². The third kappa shape index (κ3) is 4.88. The van der Waals surface area contributed by atoms with Crippen molar-refractivity contribution in [1.82, 2.24) is 5.32 Å². The number of hydrogen-bond acceptors (Lipinski definition) is 3. The zero-order valence-electron chi connectivity index (χ0n) is 10.7. The fraction of sp³-hybridized carbons (Fsp3) is 0.500. The second kappa shape index (κ2) is 6.93. The van der Waals surface area contributed by atoms with Gasteiger partial charge in [0.05, 0.1) is 0 Å². The fourth-order valence-electron chi connectivity index (χ4n) is 1.33. The van der Waals surface area contributed by atoms with Crippen LogP contribution < -0.4 is 10.1 Å². The third-order valence-electron chi connectivity index (χ3n) is 2.85. The van der Waals surface area contributed by atoms with E-state index in [2.05, 4.69) is 26.1 Å². The van der Waals surface area contributed by atoms with Gasteiger partial charge in [-0.3, -0.25) is 0 Å². The Kier molecular flexibility index (Phi) is 5.51. The van der Waals surface area contributed by atoms with Gasteiger partial charge in [0.15, 0.2) is 6.61 Å². The summed E-state index contributed by atoms with van der Waals surface area (Å²) in [6, 6.07) is 10.3. The number of hydrogen-bond donors (Lipinski definition) is 1. The monoisotopic (exact) mass is 232 g/mol. The highest BCUT2D eigenvalue weighted by Gasteiger charge is 2.05.